The van der Waals surface area contributed by atoms with Gasteiger partial charge in [-0.05, 0) is 36.4 Å². The van der Waals surface area contributed by atoms with Crippen LogP contribution in [0.2, 0.25) is 0 Å². The number of hydrogen-bond acceptors (Lipinski definition) is 6. The Labute approximate surface area is 168 Å². The van der Waals surface area contributed by atoms with E-state index in [0.29, 0.717) is 0 Å². The lowest BCUT2D eigenvalue weighted by atomic mass is 10.0. The molecule has 0 saturated carbocycles. The van der Waals surface area contributed by atoms with Gasteiger partial charge in [-0.15, -0.1) is 0 Å². The molecule has 156 valence electrons. The second-order valence-corrected chi connectivity index (χ2v) is 5.76. The quantitative estimate of drug-likeness (QED) is 0.391. The fraction of sp³-hybridized carbons (Fsp3) is 0.105. The average molecular weight is 416 g/mol. The van der Waals surface area contributed by atoms with Gasteiger partial charge in [0.25, 0.3) is 11.8 Å². The smallest absolute Gasteiger partial charge is 0.336 e. The average Bonchev–Trinajstić information content (AvgIpc) is 2.72. The lowest BCUT2D eigenvalue weighted by Gasteiger charge is -2.12. The standard InChI is InChI=1S/C19H16N2O9/c1-20-15(22)14-7-10(3-5-12(14)19(28)29)30-8-21-16(23)13-6-9(17(24)25)2-4-11(13)18(26)27/h2-7H,8H2,1H3,(H,20,22)(H,21,23)(H,24,25)(H,26,27)(H,28,29). The molecule has 0 unspecified atom stereocenters. The summed E-state index contributed by atoms with van der Waals surface area (Å²) in [6, 6.07) is 6.58. The van der Waals surface area contributed by atoms with E-state index in [1.807, 2.05) is 0 Å². The van der Waals surface area contributed by atoms with Gasteiger partial charge in [-0.3, -0.25) is 9.59 Å². The largest absolute Gasteiger partial charge is 0.478 e. The maximum atomic E-state index is 12.3. The minimum Gasteiger partial charge on any atom is -0.478 e. The lowest BCUT2D eigenvalue weighted by Crippen LogP contribution is -2.29. The SMILES string of the molecule is CNC(=O)c1cc(OCNC(=O)c2cc(C(=O)O)ccc2C(=O)O)ccc1C(=O)O. The molecule has 0 aliphatic carbocycles. The van der Waals surface area contributed by atoms with E-state index < -0.39 is 42.0 Å². The van der Waals surface area contributed by atoms with Crippen LogP contribution in [0.1, 0.15) is 51.8 Å². The number of carboxylic acids is 3. The molecule has 0 aliphatic heterocycles. The highest BCUT2D eigenvalue weighted by atomic mass is 16.5. The Bertz CT molecular complexity index is 1050. The van der Waals surface area contributed by atoms with Crippen molar-refractivity contribution in [2.24, 2.45) is 0 Å². The van der Waals surface area contributed by atoms with Gasteiger partial charge in [0.2, 0.25) is 0 Å². The Morgan fingerprint density at radius 3 is 1.87 bits per heavy atom. The molecule has 11 heteroatoms. The molecule has 2 aromatic rings. The molecular weight excluding hydrogens is 400 g/mol. The first-order chi connectivity index (χ1) is 14.1. The summed E-state index contributed by atoms with van der Waals surface area (Å²) >= 11 is 0. The molecule has 0 fully saturated rings. The van der Waals surface area contributed by atoms with Crippen molar-refractivity contribution in [3.63, 3.8) is 0 Å². The molecule has 2 aromatic carbocycles. The number of amides is 2. The molecule has 0 bridgehead atoms. The topological polar surface area (TPSA) is 179 Å². The van der Waals surface area contributed by atoms with Crippen molar-refractivity contribution in [1.29, 1.82) is 0 Å². The predicted molar refractivity (Wildman–Crippen MR) is 100 cm³/mol. The van der Waals surface area contributed by atoms with Gasteiger partial charge in [0.1, 0.15) is 5.75 Å². The molecular formula is C19H16N2O9. The molecule has 0 aromatic heterocycles. The monoisotopic (exact) mass is 416 g/mol. The number of carbonyl (C=O) groups excluding carboxylic acids is 2. The molecule has 11 nitrogen and oxygen atoms in total. The summed E-state index contributed by atoms with van der Waals surface area (Å²) in [5.74, 6) is -5.55. The van der Waals surface area contributed by atoms with Crippen LogP contribution in [-0.2, 0) is 0 Å². The van der Waals surface area contributed by atoms with Crippen LogP contribution in [0.3, 0.4) is 0 Å². The number of carbonyl (C=O) groups is 5. The van der Waals surface area contributed by atoms with Gasteiger partial charge in [0.15, 0.2) is 6.73 Å². The summed E-state index contributed by atoms with van der Waals surface area (Å²) in [4.78, 5) is 57.7. The first-order valence-electron chi connectivity index (χ1n) is 8.26. The van der Waals surface area contributed by atoms with Crippen molar-refractivity contribution < 1.29 is 44.0 Å². The minimum absolute atomic E-state index is 0.0663. The fourth-order valence-corrected chi connectivity index (χ4v) is 2.45. The van der Waals surface area contributed by atoms with E-state index in [1.165, 1.54) is 19.2 Å². The molecule has 30 heavy (non-hydrogen) atoms. The van der Waals surface area contributed by atoms with Crippen molar-refractivity contribution >= 4 is 29.7 Å². The van der Waals surface area contributed by atoms with E-state index in [1.54, 1.807) is 0 Å². The maximum Gasteiger partial charge on any atom is 0.336 e. The zero-order valence-corrected chi connectivity index (χ0v) is 15.5. The Hall–Kier alpha value is -4.41. The minimum atomic E-state index is -1.42. The number of benzene rings is 2. The zero-order chi connectivity index (χ0) is 22.4. The summed E-state index contributed by atoms with van der Waals surface area (Å²) in [6.45, 7) is -0.463. The third-order valence-corrected chi connectivity index (χ3v) is 3.91. The number of nitrogens with one attached hydrogen (secondary N) is 2. The highest BCUT2D eigenvalue weighted by molar-refractivity contribution is 6.06. The van der Waals surface area contributed by atoms with Gasteiger partial charge in [-0.1, -0.05) is 0 Å². The van der Waals surface area contributed by atoms with Crippen molar-refractivity contribution in [3.8, 4) is 5.75 Å². The van der Waals surface area contributed by atoms with Crippen molar-refractivity contribution in [2.75, 3.05) is 13.8 Å². The third kappa shape index (κ3) is 4.90. The van der Waals surface area contributed by atoms with Crippen molar-refractivity contribution in [1.82, 2.24) is 10.6 Å². The molecule has 2 amide bonds. The number of aromatic carboxylic acids is 3. The molecule has 2 rings (SSSR count). The van der Waals surface area contributed by atoms with Crippen LogP contribution >= 0.6 is 0 Å². The van der Waals surface area contributed by atoms with Crippen LogP contribution in [0.15, 0.2) is 36.4 Å². The van der Waals surface area contributed by atoms with Crippen LogP contribution in [-0.4, -0.2) is 58.8 Å². The van der Waals surface area contributed by atoms with Crippen LogP contribution in [0.5, 0.6) is 5.75 Å². The molecule has 0 atom stereocenters. The molecule has 0 saturated heterocycles. The summed E-state index contributed by atoms with van der Waals surface area (Å²) in [5, 5.41) is 31.9. The number of rotatable bonds is 8. The van der Waals surface area contributed by atoms with E-state index in [2.05, 4.69) is 10.6 Å². The van der Waals surface area contributed by atoms with E-state index >= 15 is 0 Å². The van der Waals surface area contributed by atoms with Crippen LogP contribution in [0.25, 0.3) is 0 Å². The first-order valence-corrected chi connectivity index (χ1v) is 8.26. The van der Waals surface area contributed by atoms with Gasteiger partial charge in [0, 0.05) is 7.05 Å². The summed E-state index contributed by atoms with van der Waals surface area (Å²) < 4.78 is 5.28. The zero-order valence-electron chi connectivity index (χ0n) is 15.5. The van der Waals surface area contributed by atoms with Crippen LogP contribution in [0.4, 0.5) is 0 Å². The molecule has 5 N–H and O–H groups in total. The Kier molecular flexibility index (Phi) is 6.70. The fourth-order valence-electron chi connectivity index (χ4n) is 2.45. The molecule has 0 heterocycles. The van der Waals surface area contributed by atoms with Gasteiger partial charge in [0.05, 0.1) is 27.8 Å². The molecule has 0 aliphatic rings. The van der Waals surface area contributed by atoms with Gasteiger partial charge in [-0.2, -0.15) is 0 Å². The Morgan fingerprint density at radius 1 is 0.767 bits per heavy atom. The Balaban J connectivity index is 2.17. The molecule has 0 spiro atoms. The van der Waals surface area contributed by atoms with E-state index in [-0.39, 0.29) is 28.0 Å². The summed E-state index contributed by atoms with van der Waals surface area (Å²) in [6.07, 6.45) is 0. The molecule has 0 radical (unpaired) electrons. The highest BCUT2D eigenvalue weighted by Gasteiger charge is 2.20. The summed E-state index contributed by atoms with van der Waals surface area (Å²) in [7, 11) is 1.33. The second kappa shape index (κ2) is 9.19. The Morgan fingerprint density at radius 2 is 1.33 bits per heavy atom. The van der Waals surface area contributed by atoms with E-state index in [9.17, 15) is 29.1 Å². The third-order valence-electron chi connectivity index (χ3n) is 3.91. The van der Waals surface area contributed by atoms with Crippen molar-refractivity contribution in [3.05, 3.63) is 64.2 Å². The normalized spacial score (nSPS) is 10.0. The van der Waals surface area contributed by atoms with Gasteiger partial charge < -0.3 is 30.7 Å². The van der Waals surface area contributed by atoms with Crippen LogP contribution in [0, 0.1) is 0 Å². The maximum absolute atomic E-state index is 12.3. The number of hydrogen-bond donors (Lipinski definition) is 5. The lowest BCUT2D eigenvalue weighted by molar-refractivity contribution is 0.0677. The van der Waals surface area contributed by atoms with Crippen molar-refractivity contribution in [2.45, 2.75) is 0 Å². The summed E-state index contributed by atoms with van der Waals surface area (Å²) in [5.41, 5.74) is -1.45. The van der Waals surface area contributed by atoms with E-state index in [0.717, 1.165) is 24.3 Å². The highest BCUT2D eigenvalue weighted by Crippen LogP contribution is 2.18. The number of carboxylic acid groups (broad SMARTS) is 3. The van der Waals surface area contributed by atoms with E-state index in [4.69, 9.17) is 14.9 Å². The van der Waals surface area contributed by atoms with Gasteiger partial charge in [-0.25, -0.2) is 14.4 Å². The predicted octanol–water partition coefficient (Wildman–Crippen LogP) is 0.907. The first kappa shape index (κ1) is 21.9. The van der Waals surface area contributed by atoms with Crippen LogP contribution < -0.4 is 15.4 Å². The second-order valence-electron chi connectivity index (χ2n) is 5.76. The van der Waals surface area contributed by atoms with Gasteiger partial charge >= 0.3 is 17.9 Å². The number of ether oxygens (including phenoxy) is 1.